The maximum Gasteiger partial charge on any atom is 0.236 e. The molecule has 0 saturated carbocycles. The fourth-order valence-corrected chi connectivity index (χ4v) is 2.44. The average molecular weight is 237 g/mol. The van der Waals surface area contributed by atoms with Crippen LogP contribution in [0.1, 0.15) is 19.3 Å². The molecule has 1 amide bonds. The lowest BCUT2D eigenvalue weighted by atomic mass is 10.2. The van der Waals surface area contributed by atoms with Crippen LogP contribution in [0.5, 0.6) is 0 Å². The molecule has 2 aliphatic heterocycles. The van der Waals surface area contributed by atoms with Gasteiger partial charge in [-0.2, -0.15) is 5.26 Å². The van der Waals surface area contributed by atoms with Crippen LogP contribution in [0.2, 0.25) is 0 Å². The van der Waals surface area contributed by atoms with E-state index in [4.69, 9.17) is 10.00 Å². The maximum absolute atomic E-state index is 11.5. The molecule has 2 fully saturated rings. The SMILES string of the molecule is N#CCC(=O)N1CCN(C[C@H]2CCCO2)CC1. The molecule has 94 valence electrons. The van der Waals surface area contributed by atoms with Crippen molar-refractivity contribution in [3.63, 3.8) is 0 Å². The Morgan fingerprint density at radius 2 is 2.12 bits per heavy atom. The lowest BCUT2D eigenvalue weighted by Gasteiger charge is -2.35. The molecule has 2 aliphatic rings. The fraction of sp³-hybridized carbons (Fsp3) is 0.833. The standard InChI is InChI=1S/C12H19N3O2/c13-4-3-12(16)15-7-5-14(6-8-15)10-11-2-1-9-17-11/h11H,1-3,5-10H2/t11-/m1/s1. The Labute approximate surface area is 102 Å². The van der Waals surface area contributed by atoms with Gasteiger partial charge in [0.2, 0.25) is 5.91 Å². The molecule has 5 heteroatoms. The number of carbonyl (C=O) groups is 1. The minimum Gasteiger partial charge on any atom is -0.377 e. The summed E-state index contributed by atoms with van der Waals surface area (Å²) in [6.45, 7) is 5.17. The molecule has 0 aromatic rings. The summed E-state index contributed by atoms with van der Waals surface area (Å²) >= 11 is 0. The smallest absolute Gasteiger partial charge is 0.236 e. The van der Waals surface area contributed by atoms with Crippen LogP contribution in [0.4, 0.5) is 0 Å². The molecular formula is C12H19N3O2. The molecule has 0 aliphatic carbocycles. The highest BCUT2D eigenvalue weighted by Gasteiger charge is 2.24. The van der Waals surface area contributed by atoms with E-state index in [2.05, 4.69) is 4.90 Å². The van der Waals surface area contributed by atoms with Gasteiger partial charge in [-0.3, -0.25) is 9.69 Å². The van der Waals surface area contributed by atoms with E-state index in [1.807, 2.05) is 6.07 Å². The van der Waals surface area contributed by atoms with Gasteiger partial charge in [0.05, 0.1) is 12.2 Å². The summed E-state index contributed by atoms with van der Waals surface area (Å²) in [7, 11) is 0. The van der Waals surface area contributed by atoms with Gasteiger partial charge in [0.25, 0.3) is 0 Å². The summed E-state index contributed by atoms with van der Waals surface area (Å²) in [4.78, 5) is 15.6. The van der Waals surface area contributed by atoms with E-state index in [0.717, 1.165) is 45.8 Å². The molecule has 0 radical (unpaired) electrons. The normalized spacial score (nSPS) is 25.8. The number of hydrogen-bond acceptors (Lipinski definition) is 4. The highest BCUT2D eigenvalue weighted by molar-refractivity contribution is 5.78. The summed E-state index contributed by atoms with van der Waals surface area (Å²) in [5.41, 5.74) is 0. The predicted molar refractivity (Wildman–Crippen MR) is 62.2 cm³/mol. The minimum atomic E-state index is -0.0377. The van der Waals surface area contributed by atoms with Crippen LogP contribution >= 0.6 is 0 Å². The Balaban J connectivity index is 1.70. The first kappa shape index (κ1) is 12.3. The Kier molecular flexibility index (Phi) is 4.35. The van der Waals surface area contributed by atoms with E-state index < -0.39 is 0 Å². The Hall–Kier alpha value is -1.12. The van der Waals surface area contributed by atoms with Gasteiger partial charge in [0, 0.05) is 39.3 Å². The van der Waals surface area contributed by atoms with Crippen LogP contribution in [0, 0.1) is 11.3 Å². The molecule has 1 atom stereocenters. The number of rotatable bonds is 3. The molecule has 5 nitrogen and oxygen atoms in total. The van der Waals surface area contributed by atoms with Crippen LogP contribution in [0.25, 0.3) is 0 Å². The van der Waals surface area contributed by atoms with Gasteiger partial charge in [-0.15, -0.1) is 0 Å². The summed E-state index contributed by atoms with van der Waals surface area (Å²) < 4.78 is 5.60. The molecule has 0 spiro atoms. The second-order valence-corrected chi connectivity index (χ2v) is 4.65. The van der Waals surface area contributed by atoms with E-state index >= 15 is 0 Å². The first-order chi connectivity index (χ1) is 8.29. The zero-order valence-corrected chi connectivity index (χ0v) is 10.1. The minimum absolute atomic E-state index is 0.00569. The Morgan fingerprint density at radius 1 is 1.35 bits per heavy atom. The third-order valence-electron chi connectivity index (χ3n) is 3.44. The first-order valence-electron chi connectivity index (χ1n) is 6.28. The second kappa shape index (κ2) is 5.99. The first-order valence-corrected chi connectivity index (χ1v) is 6.28. The molecule has 17 heavy (non-hydrogen) atoms. The van der Waals surface area contributed by atoms with Gasteiger partial charge in [-0.1, -0.05) is 0 Å². The largest absolute Gasteiger partial charge is 0.377 e. The lowest BCUT2D eigenvalue weighted by Crippen LogP contribution is -2.50. The van der Waals surface area contributed by atoms with Crippen molar-refractivity contribution in [3.8, 4) is 6.07 Å². The number of nitriles is 1. The topological polar surface area (TPSA) is 56.6 Å². The molecule has 0 bridgehead atoms. The third kappa shape index (κ3) is 3.42. The summed E-state index contributed by atoms with van der Waals surface area (Å²) in [6.07, 6.45) is 2.72. The van der Waals surface area contributed by atoms with Crippen molar-refractivity contribution in [1.29, 1.82) is 5.26 Å². The van der Waals surface area contributed by atoms with Crippen molar-refractivity contribution in [3.05, 3.63) is 0 Å². The molecule has 0 aromatic carbocycles. The average Bonchev–Trinajstić information content (AvgIpc) is 2.83. The van der Waals surface area contributed by atoms with E-state index in [-0.39, 0.29) is 12.3 Å². The van der Waals surface area contributed by atoms with E-state index in [9.17, 15) is 4.79 Å². The van der Waals surface area contributed by atoms with E-state index in [1.54, 1.807) is 4.90 Å². The number of nitrogens with zero attached hydrogens (tertiary/aromatic N) is 3. The van der Waals surface area contributed by atoms with Gasteiger partial charge in [0.1, 0.15) is 6.42 Å². The quantitative estimate of drug-likeness (QED) is 0.705. The van der Waals surface area contributed by atoms with Crippen molar-refractivity contribution in [2.24, 2.45) is 0 Å². The molecule has 0 unspecified atom stereocenters. The molecule has 2 rings (SSSR count). The molecule has 2 heterocycles. The molecular weight excluding hydrogens is 218 g/mol. The van der Waals surface area contributed by atoms with Crippen LogP contribution in [0.15, 0.2) is 0 Å². The third-order valence-corrected chi connectivity index (χ3v) is 3.44. The number of hydrogen-bond donors (Lipinski definition) is 0. The van der Waals surface area contributed by atoms with Gasteiger partial charge in [-0.25, -0.2) is 0 Å². The Morgan fingerprint density at radius 3 is 2.71 bits per heavy atom. The second-order valence-electron chi connectivity index (χ2n) is 4.65. The number of ether oxygens (including phenoxy) is 1. The maximum atomic E-state index is 11.5. The predicted octanol–water partition coefficient (Wildman–Crippen LogP) is 0.223. The highest BCUT2D eigenvalue weighted by Crippen LogP contribution is 2.14. The van der Waals surface area contributed by atoms with Gasteiger partial charge < -0.3 is 9.64 Å². The highest BCUT2D eigenvalue weighted by atomic mass is 16.5. The summed E-state index contributed by atoms with van der Waals surface area (Å²) in [5.74, 6) is -0.0377. The van der Waals surface area contributed by atoms with Crippen LogP contribution < -0.4 is 0 Å². The summed E-state index contributed by atoms with van der Waals surface area (Å²) in [5, 5.41) is 8.48. The lowest BCUT2D eigenvalue weighted by molar-refractivity contribution is -0.132. The van der Waals surface area contributed by atoms with Crippen molar-refractivity contribution < 1.29 is 9.53 Å². The zero-order valence-electron chi connectivity index (χ0n) is 10.1. The van der Waals surface area contributed by atoms with Crippen molar-refractivity contribution in [1.82, 2.24) is 9.80 Å². The fourth-order valence-electron chi connectivity index (χ4n) is 2.44. The van der Waals surface area contributed by atoms with Crippen molar-refractivity contribution in [2.45, 2.75) is 25.4 Å². The van der Waals surface area contributed by atoms with Gasteiger partial charge >= 0.3 is 0 Å². The molecule has 0 N–H and O–H groups in total. The van der Waals surface area contributed by atoms with Gasteiger partial charge in [0.15, 0.2) is 0 Å². The van der Waals surface area contributed by atoms with E-state index in [0.29, 0.717) is 6.10 Å². The van der Waals surface area contributed by atoms with Crippen molar-refractivity contribution >= 4 is 5.91 Å². The monoisotopic (exact) mass is 237 g/mol. The Bertz CT molecular complexity index is 299. The number of piperazine rings is 1. The van der Waals surface area contributed by atoms with Crippen molar-refractivity contribution in [2.75, 3.05) is 39.3 Å². The van der Waals surface area contributed by atoms with E-state index in [1.165, 1.54) is 6.42 Å². The van der Waals surface area contributed by atoms with Crippen LogP contribution in [0.3, 0.4) is 0 Å². The number of carbonyl (C=O) groups excluding carboxylic acids is 1. The van der Waals surface area contributed by atoms with Crippen LogP contribution in [-0.2, 0) is 9.53 Å². The van der Waals surface area contributed by atoms with Crippen LogP contribution in [-0.4, -0.2) is 61.1 Å². The molecule has 2 saturated heterocycles. The number of amides is 1. The summed E-state index contributed by atoms with van der Waals surface area (Å²) in [6, 6.07) is 1.91. The zero-order chi connectivity index (χ0) is 12.1. The van der Waals surface area contributed by atoms with Gasteiger partial charge in [-0.05, 0) is 12.8 Å². The molecule has 0 aromatic heterocycles.